The molecule has 1 atom stereocenters. The lowest BCUT2D eigenvalue weighted by molar-refractivity contribution is 0.167. The molecule has 1 aliphatic rings. The summed E-state index contributed by atoms with van der Waals surface area (Å²) < 4.78 is 13.3. The van der Waals surface area contributed by atoms with E-state index < -0.39 is 0 Å². The molecule has 0 radical (unpaired) electrons. The van der Waals surface area contributed by atoms with Crippen molar-refractivity contribution in [2.24, 2.45) is 5.92 Å². The smallest absolute Gasteiger partial charge is 0.133 e. The van der Waals surface area contributed by atoms with Gasteiger partial charge in [0.1, 0.15) is 5.75 Å². The quantitative estimate of drug-likeness (QED) is 0.745. The lowest BCUT2D eigenvalue weighted by Crippen LogP contribution is -2.12. The van der Waals surface area contributed by atoms with Crippen LogP contribution in [-0.2, 0) is 4.74 Å². The van der Waals surface area contributed by atoms with Crippen molar-refractivity contribution in [2.45, 2.75) is 6.42 Å². The van der Waals surface area contributed by atoms with Crippen molar-refractivity contribution in [3.8, 4) is 5.75 Å². The van der Waals surface area contributed by atoms with Gasteiger partial charge in [0, 0.05) is 17.0 Å². The van der Waals surface area contributed by atoms with Crippen LogP contribution in [0.5, 0.6) is 5.75 Å². The Bertz CT molecular complexity index is 337. The zero-order chi connectivity index (χ0) is 10.7. The summed E-state index contributed by atoms with van der Waals surface area (Å²) in [5, 5.41) is 0. The van der Waals surface area contributed by atoms with E-state index >= 15 is 0 Å². The molecule has 4 heteroatoms. The normalized spacial score (nSPS) is 20.5. The predicted octanol–water partition coefficient (Wildman–Crippen LogP) is 3.47. The third kappa shape index (κ3) is 3.32. The Morgan fingerprint density at radius 1 is 1.53 bits per heavy atom. The van der Waals surface area contributed by atoms with Gasteiger partial charge in [-0.25, -0.2) is 0 Å². The lowest BCUT2D eigenvalue weighted by Gasteiger charge is -2.11. The SMILES string of the molecule is Brc1ccc(I)c(OCC2CCOC2)c1. The number of ether oxygens (including phenoxy) is 2. The van der Waals surface area contributed by atoms with Gasteiger partial charge in [0.25, 0.3) is 0 Å². The Balaban J connectivity index is 1.94. The van der Waals surface area contributed by atoms with Crippen LogP contribution in [0.25, 0.3) is 0 Å². The summed E-state index contributed by atoms with van der Waals surface area (Å²) in [5.41, 5.74) is 0. The van der Waals surface area contributed by atoms with Crippen LogP contribution in [0.15, 0.2) is 22.7 Å². The molecule has 0 spiro atoms. The largest absolute Gasteiger partial charge is 0.492 e. The molecule has 0 aromatic heterocycles. The van der Waals surface area contributed by atoms with Gasteiger partial charge in [-0.2, -0.15) is 0 Å². The summed E-state index contributed by atoms with van der Waals surface area (Å²) in [6.07, 6.45) is 1.12. The zero-order valence-corrected chi connectivity index (χ0v) is 12.0. The van der Waals surface area contributed by atoms with Crippen LogP contribution in [0.2, 0.25) is 0 Å². The van der Waals surface area contributed by atoms with Crippen molar-refractivity contribution < 1.29 is 9.47 Å². The molecule has 0 aliphatic carbocycles. The average molecular weight is 383 g/mol. The number of halogens is 2. The minimum absolute atomic E-state index is 0.555. The van der Waals surface area contributed by atoms with E-state index in [2.05, 4.69) is 38.5 Å². The minimum atomic E-state index is 0.555. The predicted molar refractivity (Wildman–Crippen MR) is 71.3 cm³/mol. The molecule has 1 unspecified atom stereocenters. The first-order valence-corrected chi connectivity index (χ1v) is 6.78. The van der Waals surface area contributed by atoms with E-state index in [0.29, 0.717) is 5.92 Å². The average Bonchev–Trinajstić information content (AvgIpc) is 2.72. The van der Waals surface area contributed by atoms with E-state index in [0.717, 1.165) is 40.0 Å². The highest BCUT2D eigenvalue weighted by atomic mass is 127. The van der Waals surface area contributed by atoms with Crippen LogP contribution in [0.4, 0.5) is 0 Å². The Kier molecular flexibility index (Phi) is 4.28. The standard InChI is InChI=1S/C11H12BrIO2/c12-9-1-2-10(13)11(5-9)15-7-8-3-4-14-6-8/h1-2,5,8H,3-4,6-7H2. The van der Waals surface area contributed by atoms with Gasteiger partial charge in [-0.15, -0.1) is 0 Å². The first-order valence-electron chi connectivity index (χ1n) is 4.91. The van der Waals surface area contributed by atoms with Crippen molar-refractivity contribution in [2.75, 3.05) is 19.8 Å². The third-order valence-electron chi connectivity index (χ3n) is 2.39. The fraction of sp³-hybridized carbons (Fsp3) is 0.455. The second-order valence-corrected chi connectivity index (χ2v) is 5.69. The Morgan fingerprint density at radius 2 is 2.40 bits per heavy atom. The van der Waals surface area contributed by atoms with E-state index in [-0.39, 0.29) is 0 Å². The van der Waals surface area contributed by atoms with Gasteiger partial charge in [-0.3, -0.25) is 0 Å². The number of benzene rings is 1. The van der Waals surface area contributed by atoms with Crippen molar-refractivity contribution in [3.05, 3.63) is 26.2 Å². The molecule has 82 valence electrons. The minimum Gasteiger partial charge on any atom is -0.492 e. The summed E-state index contributed by atoms with van der Waals surface area (Å²) >= 11 is 5.73. The highest BCUT2D eigenvalue weighted by Gasteiger charge is 2.16. The van der Waals surface area contributed by atoms with Crippen LogP contribution < -0.4 is 4.74 Å². The Labute approximate surface area is 112 Å². The molecule has 15 heavy (non-hydrogen) atoms. The van der Waals surface area contributed by atoms with E-state index in [9.17, 15) is 0 Å². The third-order valence-corrected chi connectivity index (χ3v) is 3.78. The number of hydrogen-bond acceptors (Lipinski definition) is 2. The molecule has 1 aromatic rings. The molecular weight excluding hydrogens is 371 g/mol. The van der Waals surface area contributed by atoms with Gasteiger partial charge in [-0.1, -0.05) is 15.9 Å². The van der Waals surface area contributed by atoms with Crippen molar-refractivity contribution in [1.82, 2.24) is 0 Å². The highest BCUT2D eigenvalue weighted by Crippen LogP contribution is 2.26. The summed E-state index contributed by atoms with van der Waals surface area (Å²) in [6, 6.07) is 6.08. The van der Waals surface area contributed by atoms with E-state index in [4.69, 9.17) is 9.47 Å². The monoisotopic (exact) mass is 382 g/mol. The van der Waals surface area contributed by atoms with Crippen LogP contribution in [0.1, 0.15) is 6.42 Å². The molecule has 1 aliphatic heterocycles. The van der Waals surface area contributed by atoms with Crippen molar-refractivity contribution in [1.29, 1.82) is 0 Å². The molecule has 0 bridgehead atoms. The maximum absolute atomic E-state index is 5.78. The summed E-state index contributed by atoms with van der Waals surface area (Å²) in [4.78, 5) is 0. The molecule has 1 fully saturated rings. The molecule has 0 amide bonds. The van der Waals surface area contributed by atoms with Gasteiger partial charge < -0.3 is 9.47 Å². The van der Waals surface area contributed by atoms with Crippen molar-refractivity contribution in [3.63, 3.8) is 0 Å². The van der Waals surface area contributed by atoms with E-state index in [1.54, 1.807) is 0 Å². The summed E-state index contributed by atoms with van der Waals surface area (Å²) in [7, 11) is 0. The summed E-state index contributed by atoms with van der Waals surface area (Å²) in [5.74, 6) is 1.51. The fourth-order valence-electron chi connectivity index (χ4n) is 1.51. The maximum Gasteiger partial charge on any atom is 0.133 e. The lowest BCUT2D eigenvalue weighted by atomic mass is 10.1. The second-order valence-electron chi connectivity index (χ2n) is 3.62. The van der Waals surface area contributed by atoms with Gasteiger partial charge in [0.2, 0.25) is 0 Å². The molecule has 0 saturated carbocycles. The Morgan fingerprint density at radius 3 is 3.13 bits per heavy atom. The molecule has 1 saturated heterocycles. The fourth-order valence-corrected chi connectivity index (χ4v) is 2.34. The van der Waals surface area contributed by atoms with Crippen molar-refractivity contribution >= 4 is 38.5 Å². The van der Waals surface area contributed by atoms with Crippen LogP contribution in [0.3, 0.4) is 0 Å². The molecular formula is C11H12BrIO2. The molecule has 0 N–H and O–H groups in total. The van der Waals surface area contributed by atoms with Gasteiger partial charge in [0.15, 0.2) is 0 Å². The molecule has 1 heterocycles. The van der Waals surface area contributed by atoms with E-state index in [1.807, 2.05) is 18.2 Å². The number of hydrogen-bond donors (Lipinski definition) is 0. The van der Waals surface area contributed by atoms with Gasteiger partial charge >= 0.3 is 0 Å². The van der Waals surface area contributed by atoms with Crippen LogP contribution in [-0.4, -0.2) is 19.8 Å². The highest BCUT2D eigenvalue weighted by molar-refractivity contribution is 14.1. The summed E-state index contributed by atoms with van der Waals surface area (Å²) in [6.45, 7) is 2.47. The topological polar surface area (TPSA) is 18.5 Å². The zero-order valence-electron chi connectivity index (χ0n) is 8.21. The first kappa shape index (κ1) is 11.7. The van der Waals surface area contributed by atoms with Gasteiger partial charge in [-0.05, 0) is 47.2 Å². The number of rotatable bonds is 3. The first-order chi connectivity index (χ1) is 7.25. The van der Waals surface area contributed by atoms with Crippen LogP contribution >= 0.6 is 38.5 Å². The van der Waals surface area contributed by atoms with Crippen LogP contribution in [0, 0.1) is 9.49 Å². The van der Waals surface area contributed by atoms with Gasteiger partial charge in [0.05, 0.1) is 16.8 Å². The molecule has 2 rings (SSSR count). The van der Waals surface area contributed by atoms with E-state index in [1.165, 1.54) is 0 Å². The Hall–Kier alpha value is 0.190. The molecule has 1 aromatic carbocycles. The second kappa shape index (κ2) is 5.50. The molecule has 2 nitrogen and oxygen atoms in total. The maximum atomic E-state index is 5.78.